The van der Waals surface area contributed by atoms with Crippen molar-refractivity contribution < 1.29 is 9.53 Å². The molecule has 0 aromatic heterocycles. The highest BCUT2D eigenvalue weighted by Gasteiger charge is 2.31. The Morgan fingerprint density at radius 2 is 1.74 bits per heavy atom. The average molecular weight is 385 g/mol. The molecule has 0 bridgehead atoms. The van der Waals surface area contributed by atoms with Crippen LogP contribution in [-0.4, -0.2) is 43.6 Å². The molecule has 5 heteroatoms. The van der Waals surface area contributed by atoms with Crippen LogP contribution in [0.5, 0.6) is 5.75 Å². The van der Waals surface area contributed by atoms with Crippen LogP contribution in [0, 0.1) is 11.8 Å². The molecule has 2 aromatic rings. The predicted octanol–water partition coefficient (Wildman–Crippen LogP) is 3.84. The van der Waals surface area contributed by atoms with E-state index < -0.39 is 0 Å². The smallest absolute Gasteiger partial charge is 0.260 e. The second kappa shape index (κ2) is 8.32. The number of carbonyl (C=O) groups is 1. The maximum atomic E-state index is 12.6. The number of carbonyl (C=O) groups excluding carboxylic acids is 1. The van der Waals surface area contributed by atoms with Crippen molar-refractivity contribution in [2.75, 3.05) is 32.8 Å². The van der Waals surface area contributed by atoms with Crippen LogP contribution in [0.15, 0.2) is 48.5 Å². The molecule has 2 atom stereocenters. The lowest BCUT2D eigenvalue weighted by Crippen LogP contribution is -2.36. The van der Waals surface area contributed by atoms with Crippen molar-refractivity contribution in [2.24, 2.45) is 11.8 Å². The van der Waals surface area contributed by atoms with Gasteiger partial charge in [-0.2, -0.15) is 0 Å². The van der Waals surface area contributed by atoms with E-state index in [0.717, 1.165) is 50.1 Å². The molecule has 2 aliphatic rings. The van der Waals surface area contributed by atoms with Gasteiger partial charge in [-0.3, -0.25) is 4.79 Å². The fourth-order valence-electron chi connectivity index (χ4n) is 4.13. The summed E-state index contributed by atoms with van der Waals surface area (Å²) in [6, 6.07) is 15.8. The number of rotatable bonds is 4. The van der Waals surface area contributed by atoms with Gasteiger partial charge in [0.05, 0.1) is 5.02 Å². The average Bonchev–Trinajstić information content (AvgIpc) is 3.05. The Balaban J connectivity index is 1.35. The molecule has 1 amide bonds. The van der Waals surface area contributed by atoms with Crippen LogP contribution in [0.25, 0.3) is 11.1 Å². The maximum absolute atomic E-state index is 12.6. The summed E-state index contributed by atoms with van der Waals surface area (Å²) < 4.78 is 5.74. The topological polar surface area (TPSA) is 41.6 Å². The van der Waals surface area contributed by atoms with Crippen molar-refractivity contribution in [3.05, 3.63) is 53.6 Å². The van der Waals surface area contributed by atoms with E-state index in [9.17, 15) is 4.79 Å². The van der Waals surface area contributed by atoms with Gasteiger partial charge < -0.3 is 15.0 Å². The second-order valence-electron chi connectivity index (χ2n) is 7.44. The third-order valence-corrected chi connectivity index (χ3v) is 6.06. The van der Waals surface area contributed by atoms with Crippen molar-refractivity contribution in [3.63, 3.8) is 0 Å². The zero-order chi connectivity index (χ0) is 18.6. The van der Waals surface area contributed by atoms with Gasteiger partial charge in [-0.1, -0.05) is 48.0 Å². The summed E-state index contributed by atoms with van der Waals surface area (Å²) >= 11 is 6.38. The number of benzene rings is 2. The van der Waals surface area contributed by atoms with Gasteiger partial charge in [0, 0.05) is 13.1 Å². The minimum absolute atomic E-state index is 0.0397. The molecule has 0 saturated carbocycles. The van der Waals surface area contributed by atoms with Gasteiger partial charge in [0.2, 0.25) is 0 Å². The van der Waals surface area contributed by atoms with Crippen molar-refractivity contribution >= 4 is 17.5 Å². The number of hydrogen-bond acceptors (Lipinski definition) is 3. The largest absolute Gasteiger partial charge is 0.482 e. The minimum Gasteiger partial charge on any atom is -0.482 e. The lowest BCUT2D eigenvalue weighted by molar-refractivity contribution is -0.133. The summed E-state index contributed by atoms with van der Waals surface area (Å²) in [6.07, 6.45) is 2.16. The first kappa shape index (κ1) is 18.3. The Morgan fingerprint density at radius 3 is 2.41 bits per heavy atom. The van der Waals surface area contributed by atoms with Gasteiger partial charge >= 0.3 is 0 Å². The number of hydrogen-bond donors (Lipinski definition) is 1. The monoisotopic (exact) mass is 384 g/mol. The molecule has 2 heterocycles. The number of halogens is 1. The molecule has 2 aliphatic heterocycles. The Kier molecular flexibility index (Phi) is 5.65. The fourth-order valence-corrected chi connectivity index (χ4v) is 4.36. The van der Waals surface area contributed by atoms with E-state index in [0.29, 0.717) is 22.6 Å². The van der Waals surface area contributed by atoms with Crippen molar-refractivity contribution in [1.29, 1.82) is 0 Å². The number of nitrogens with one attached hydrogen (secondary N) is 1. The first-order valence-corrected chi connectivity index (χ1v) is 10.0. The van der Waals surface area contributed by atoms with E-state index in [1.165, 1.54) is 0 Å². The van der Waals surface area contributed by atoms with E-state index in [4.69, 9.17) is 16.3 Å². The van der Waals surface area contributed by atoms with Gasteiger partial charge in [0.25, 0.3) is 5.91 Å². The Hall–Kier alpha value is -2.04. The molecule has 27 heavy (non-hydrogen) atoms. The summed E-state index contributed by atoms with van der Waals surface area (Å²) in [6.45, 7) is 3.87. The molecule has 0 aliphatic carbocycles. The summed E-state index contributed by atoms with van der Waals surface area (Å²) in [7, 11) is 0. The van der Waals surface area contributed by atoms with Crippen LogP contribution < -0.4 is 10.1 Å². The molecule has 0 unspecified atom stereocenters. The van der Waals surface area contributed by atoms with E-state index in [2.05, 4.69) is 5.32 Å². The lowest BCUT2D eigenvalue weighted by Gasteiger charge is -2.21. The zero-order valence-corrected chi connectivity index (χ0v) is 16.1. The first-order chi connectivity index (χ1) is 13.2. The van der Waals surface area contributed by atoms with Gasteiger partial charge in [-0.15, -0.1) is 0 Å². The molecule has 1 N–H and O–H groups in total. The van der Waals surface area contributed by atoms with E-state index >= 15 is 0 Å². The van der Waals surface area contributed by atoms with Crippen LogP contribution >= 0.6 is 11.6 Å². The predicted molar refractivity (Wildman–Crippen MR) is 108 cm³/mol. The SMILES string of the molecule is O=C(COc1ccc(-c2ccccc2)cc1Cl)N1CC[C@@H]2CNC[C@@H]2CC1. The van der Waals surface area contributed by atoms with Crippen molar-refractivity contribution in [1.82, 2.24) is 10.2 Å². The van der Waals surface area contributed by atoms with Gasteiger partial charge in [0.15, 0.2) is 6.61 Å². The Bertz CT molecular complexity index is 782. The molecule has 2 saturated heterocycles. The number of nitrogens with zero attached hydrogens (tertiary/aromatic N) is 1. The fraction of sp³-hybridized carbons (Fsp3) is 0.409. The van der Waals surface area contributed by atoms with E-state index in [-0.39, 0.29) is 12.5 Å². The van der Waals surface area contributed by atoms with Crippen molar-refractivity contribution in [3.8, 4) is 16.9 Å². The first-order valence-electron chi connectivity index (χ1n) is 9.67. The van der Waals surface area contributed by atoms with Crippen molar-refractivity contribution in [2.45, 2.75) is 12.8 Å². The summed E-state index contributed by atoms with van der Waals surface area (Å²) in [5.41, 5.74) is 2.14. The molecule has 0 spiro atoms. The molecule has 142 valence electrons. The van der Waals surface area contributed by atoms with E-state index in [1.54, 1.807) is 0 Å². The minimum atomic E-state index is 0.0397. The lowest BCUT2D eigenvalue weighted by atomic mass is 9.92. The number of likely N-dealkylation sites (tertiary alicyclic amines) is 1. The third-order valence-electron chi connectivity index (χ3n) is 5.76. The number of amides is 1. The molecular formula is C22H25ClN2O2. The highest BCUT2D eigenvalue weighted by atomic mass is 35.5. The van der Waals surface area contributed by atoms with Crippen LogP contribution in [0.1, 0.15) is 12.8 Å². The quantitative estimate of drug-likeness (QED) is 0.870. The van der Waals surface area contributed by atoms with Gasteiger partial charge in [0.1, 0.15) is 5.75 Å². The number of fused-ring (bicyclic) bond motifs is 1. The zero-order valence-electron chi connectivity index (χ0n) is 15.4. The Labute approximate surface area is 165 Å². The summed E-state index contributed by atoms with van der Waals surface area (Å²) in [5, 5.41) is 3.99. The summed E-state index contributed by atoms with van der Waals surface area (Å²) in [5.74, 6) is 2.03. The number of ether oxygens (including phenoxy) is 1. The van der Waals surface area contributed by atoms with Crippen LogP contribution in [0.3, 0.4) is 0 Å². The molecule has 4 nitrogen and oxygen atoms in total. The van der Waals surface area contributed by atoms with Crippen LogP contribution in [-0.2, 0) is 4.79 Å². The molecule has 2 fully saturated rings. The second-order valence-corrected chi connectivity index (χ2v) is 7.84. The maximum Gasteiger partial charge on any atom is 0.260 e. The van der Waals surface area contributed by atoms with Gasteiger partial charge in [-0.25, -0.2) is 0 Å². The Morgan fingerprint density at radius 1 is 1.04 bits per heavy atom. The van der Waals surface area contributed by atoms with Gasteiger partial charge in [-0.05, 0) is 61.0 Å². The highest BCUT2D eigenvalue weighted by molar-refractivity contribution is 6.32. The van der Waals surface area contributed by atoms with Crippen LogP contribution in [0.4, 0.5) is 0 Å². The van der Waals surface area contributed by atoms with E-state index in [1.807, 2.05) is 53.4 Å². The third kappa shape index (κ3) is 4.28. The highest BCUT2D eigenvalue weighted by Crippen LogP contribution is 2.31. The van der Waals surface area contributed by atoms with Crippen LogP contribution in [0.2, 0.25) is 5.02 Å². The summed E-state index contributed by atoms with van der Waals surface area (Å²) in [4.78, 5) is 14.5. The molecule has 2 aromatic carbocycles. The standard InChI is InChI=1S/C22H25ClN2O2/c23-20-12-17(16-4-2-1-3-5-16)6-7-21(20)27-15-22(26)25-10-8-18-13-24-14-19(18)9-11-25/h1-7,12,18-19,24H,8-11,13-15H2/t18-,19+. The molecule has 4 rings (SSSR count). The molecule has 0 radical (unpaired) electrons. The normalized spacial score (nSPS) is 22.2. The molecular weight excluding hydrogens is 360 g/mol.